The third-order valence-electron chi connectivity index (χ3n) is 3.60. The zero-order valence-electron chi connectivity index (χ0n) is 11.5. The van der Waals surface area contributed by atoms with E-state index < -0.39 is 0 Å². The van der Waals surface area contributed by atoms with Gasteiger partial charge in [-0.1, -0.05) is 0 Å². The molecule has 3 aromatic rings. The lowest BCUT2D eigenvalue weighted by atomic mass is 9.95. The zero-order chi connectivity index (χ0) is 14.2. The molecule has 0 spiro atoms. The fraction of sp³-hybridized carbons (Fsp3) is 0.200. The SMILES string of the molecule is Cn1ncc2c1-c1nc(Oc3ccncc3)ncc1CC2. The van der Waals surface area contributed by atoms with Gasteiger partial charge in [0.1, 0.15) is 5.75 Å². The van der Waals surface area contributed by atoms with Crippen LogP contribution in [0.5, 0.6) is 11.8 Å². The summed E-state index contributed by atoms with van der Waals surface area (Å²) in [7, 11) is 1.93. The Balaban J connectivity index is 1.76. The Morgan fingerprint density at radius 3 is 2.76 bits per heavy atom. The Bertz CT molecular complexity index is 797. The van der Waals surface area contributed by atoms with E-state index in [0.29, 0.717) is 11.8 Å². The molecule has 0 aromatic carbocycles. The summed E-state index contributed by atoms with van der Waals surface area (Å²) < 4.78 is 7.54. The molecule has 0 atom stereocenters. The second kappa shape index (κ2) is 4.66. The summed E-state index contributed by atoms with van der Waals surface area (Å²) in [6, 6.07) is 3.89. The van der Waals surface area contributed by atoms with E-state index >= 15 is 0 Å². The molecule has 1 aliphatic carbocycles. The Morgan fingerprint density at radius 1 is 1.10 bits per heavy atom. The minimum atomic E-state index is 0.342. The summed E-state index contributed by atoms with van der Waals surface area (Å²) in [5.41, 5.74) is 4.32. The molecule has 6 heteroatoms. The minimum absolute atomic E-state index is 0.342. The third-order valence-corrected chi connectivity index (χ3v) is 3.60. The van der Waals surface area contributed by atoms with Crippen LogP contribution in [0.15, 0.2) is 36.9 Å². The van der Waals surface area contributed by atoms with Gasteiger partial charge in [-0.05, 0) is 36.1 Å². The highest BCUT2D eigenvalue weighted by Crippen LogP contribution is 2.32. The van der Waals surface area contributed by atoms with Crippen LogP contribution in [-0.4, -0.2) is 24.7 Å². The van der Waals surface area contributed by atoms with Crippen LogP contribution in [0.4, 0.5) is 0 Å². The molecule has 4 rings (SSSR count). The lowest BCUT2D eigenvalue weighted by Crippen LogP contribution is -2.09. The van der Waals surface area contributed by atoms with Gasteiger partial charge in [0, 0.05) is 25.6 Å². The average Bonchev–Trinajstić information content (AvgIpc) is 2.90. The Labute approximate surface area is 121 Å². The van der Waals surface area contributed by atoms with Crippen LogP contribution in [0.25, 0.3) is 11.4 Å². The van der Waals surface area contributed by atoms with E-state index in [4.69, 9.17) is 4.74 Å². The number of pyridine rings is 1. The van der Waals surface area contributed by atoms with E-state index in [9.17, 15) is 0 Å². The molecule has 3 heterocycles. The molecule has 0 saturated heterocycles. The first kappa shape index (κ1) is 12.0. The first-order chi connectivity index (χ1) is 10.3. The second-order valence-electron chi connectivity index (χ2n) is 4.95. The molecular weight excluding hydrogens is 266 g/mol. The maximum Gasteiger partial charge on any atom is 0.322 e. The maximum absolute atomic E-state index is 5.68. The van der Waals surface area contributed by atoms with Crippen molar-refractivity contribution in [2.24, 2.45) is 7.05 Å². The summed E-state index contributed by atoms with van der Waals surface area (Å²) in [4.78, 5) is 12.8. The summed E-state index contributed by atoms with van der Waals surface area (Å²) in [6.45, 7) is 0. The van der Waals surface area contributed by atoms with Gasteiger partial charge in [0.25, 0.3) is 0 Å². The van der Waals surface area contributed by atoms with Crippen LogP contribution in [0, 0.1) is 0 Å². The molecule has 1 aliphatic rings. The fourth-order valence-corrected chi connectivity index (χ4v) is 2.58. The number of hydrogen-bond acceptors (Lipinski definition) is 5. The molecule has 0 bridgehead atoms. The molecule has 0 amide bonds. The third kappa shape index (κ3) is 2.05. The van der Waals surface area contributed by atoms with Gasteiger partial charge in [0.05, 0.1) is 17.6 Å². The fourth-order valence-electron chi connectivity index (χ4n) is 2.58. The molecule has 0 radical (unpaired) electrons. The minimum Gasteiger partial charge on any atom is -0.424 e. The van der Waals surface area contributed by atoms with Crippen LogP contribution in [0.2, 0.25) is 0 Å². The van der Waals surface area contributed by atoms with Gasteiger partial charge >= 0.3 is 6.01 Å². The summed E-state index contributed by atoms with van der Waals surface area (Å²) in [6.07, 6.45) is 9.01. The molecule has 21 heavy (non-hydrogen) atoms. The van der Waals surface area contributed by atoms with Crippen molar-refractivity contribution >= 4 is 0 Å². The molecule has 104 valence electrons. The summed E-state index contributed by atoms with van der Waals surface area (Å²) in [5.74, 6) is 0.672. The molecule has 6 nitrogen and oxygen atoms in total. The molecule has 0 saturated carbocycles. The second-order valence-corrected chi connectivity index (χ2v) is 4.95. The maximum atomic E-state index is 5.68. The smallest absolute Gasteiger partial charge is 0.322 e. The highest BCUT2D eigenvalue weighted by Gasteiger charge is 2.22. The largest absolute Gasteiger partial charge is 0.424 e. The van der Waals surface area contributed by atoms with E-state index in [1.54, 1.807) is 24.5 Å². The van der Waals surface area contributed by atoms with E-state index in [0.717, 1.165) is 29.8 Å². The lowest BCUT2D eigenvalue weighted by molar-refractivity contribution is 0.440. The van der Waals surface area contributed by atoms with Crippen molar-refractivity contribution in [3.63, 3.8) is 0 Å². The van der Waals surface area contributed by atoms with E-state index in [-0.39, 0.29) is 0 Å². The molecule has 0 N–H and O–H groups in total. The number of aryl methyl sites for hydroxylation is 3. The molecule has 0 aliphatic heterocycles. The molecule has 3 aromatic heterocycles. The molecule has 0 unspecified atom stereocenters. The Hall–Kier alpha value is -2.76. The van der Waals surface area contributed by atoms with Crippen molar-refractivity contribution in [3.05, 3.63) is 48.0 Å². The Morgan fingerprint density at radius 2 is 1.90 bits per heavy atom. The van der Waals surface area contributed by atoms with Crippen LogP contribution < -0.4 is 4.74 Å². The monoisotopic (exact) mass is 279 g/mol. The van der Waals surface area contributed by atoms with Gasteiger partial charge in [-0.15, -0.1) is 0 Å². The molecule has 0 fully saturated rings. The lowest BCUT2D eigenvalue weighted by Gasteiger charge is -2.16. The number of hydrogen-bond donors (Lipinski definition) is 0. The zero-order valence-corrected chi connectivity index (χ0v) is 11.5. The number of fused-ring (bicyclic) bond motifs is 3. The van der Waals surface area contributed by atoms with Crippen molar-refractivity contribution in [3.8, 4) is 23.1 Å². The Kier molecular flexibility index (Phi) is 2.67. The first-order valence-corrected chi connectivity index (χ1v) is 6.76. The van der Waals surface area contributed by atoms with Gasteiger partial charge in [0.15, 0.2) is 0 Å². The van der Waals surface area contributed by atoms with Gasteiger partial charge in [-0.3, -0.25) is 9.67 Å². The predicted molar refractivity (Wildman–Crippen MR) is 76.0 cm³/mol. The average molecular weight is 279 g/mol. The number of ether oxygens (including phenoxy) is 1. The van der Waals surface area contributed by atoms with Crippen molar-refractivity contribution < 1.29 is 4.74 Å². The first-order valence-electron chi connectivity index (χ1n) is 6.76. The van der Waals surface area contributed by atoms with Crippen molar-refractivity contribution in [1.29, 1.82) is 0 Å². The quantitative estimate of drug-likeness (QED) is 0.719. The molecular formula is C15H13N5O. The van der Waals surface area contributed by atoms with Crippen molar-refractivity contribution in [1.82, 2.24) is 24.7 Å². The van der Waals surface area contributed by atoms with Gasteiger partial charge in [-0.2, -0.15) is 10.1 Å². The number of rotatable bonds is 2. The van der Waals surface area contributed by atoms with Gasteiger partial charge in [0.2, 0.25) is 0 Å². The van der Waals surface area contributed by atoms with Crippen molar-refractivity contribution in [2.75, 3.05) is 0 Å². The van der Waals surface area contributed by atoms with Crippen LogP contribution in [0.3, 0.4) is 0 Å². The van der Waals surface area contributed by atoms with Crippen LogP contribution in [0.1, 0.15) is 11.1 Å². The summed E-state index contributed by atoms with van der Waals surface area (Å²) in [5, 5.41) is 4.32. The van der Waals surface area contributed by atoms with Gasteiger partial charge < -0.3 is 4.74 Å². The van der Waals surface area contributed by atoms with E-state index in [1.807, 2.05) is 24.1 Å². The highest BCUT2D eigenvalue weighted by atomic mass is 16.5. The van der Waals surface area contributed by atoms with Crippen molar-refractivity contribution in [2.45, 2.75) is 12.8 Å². The standard InChI is InChI=1S/C15H13N5O/c1-20-14-11(9-18-20)3-2-10-8-17-15(19-13(10)14)21-12-4-6-16-7-5-12/h4-9H,2-3H2,1H3. The van der Waals surface area contributed by atoms with Crippen LogP contribution >= 0.6 is 0 Å². The highest BCUT2D eigenvalue weighted by molar-refractivity contribution is 5.65. The van der Waals surface area contributed by atoms with E-state index in [2.05, 4.69) is 20.1 Å². The number of aromatic nitrogens is 5. The van der Waals surface area contributed by atoms with E-state index in [1.165, 1.54) is 5.56 Å². The normalized spacial score (nSPS) is 12.6. The topological polar surface area (TPSA) is 65.7 Å². The predicted octanol–water partition coefficient (Wildman–Crippen LogP) is 2.16. The summed E-state index contributed by atoms with van der Waals surface area (Å²) >= 11 is 0. The van der Waals surface area contributed by atoms with Gasteiger partial charge in [-0.25, -0.2) is 4.98 Å². The van der Waals surface area contributed by atoms with Crippen LogP contribution in [-0.2, 0) is 19.9 Å². The number of nitrogens with zero attached hydrogens (tertiary/aromatic N) is 5.